The summed E-state index contributed by atoms with van der Waals surface area (Å²) in [6.07, 6.45) is -29.0. The van der Waals surface area contributed by atoms with Crippen LogP contribution in [0.4, 0.5) is 0 Å². The van der Waals surface area contributed by atoms with E-state index in [0.717, 1.165) is 6.08 Å². The van der Waals surface area contributed by atoms with E-state index in [4.69, 9.17) is 23.5 Å². The van der Waals surface area contributed by atoms with E-state index in [1.165, 1.54) is 0 Å². The van der Waals surface area contributed by atoms with Gasteiger partial charge in [-0.15, -0.1) is 0 Å². The van der Waals surface area contributed by atoms with E-state index in [1.54, 1.807) is 0 Å². The van der Waals surface area contributed by atoms with Gasteiger partial charge >= 0.3 is 72.8 Å². The largest absolute Gasteiger partial charge is 0.397 e. The average Bonchev–Trinajstić information content (AvgIpc) is 2.98. The molecule has 0 aromatic heterocycles. The molecular formula is C17H29NO33S7. The van der Waals surface area contributed by atoms with E-state index in [1.807, 2.05) is 0 Å². The molecule has 0 spiro atoms. The van der Waals surface area contributed by atoms with Gasteiger partial charge in [-0.3, -0.25) is 36.7 Å². The van der Waals surface area contributed by atoms with Gasteiger partial charge in [0.2, 0.25) is 5.91 Å². The number of hydrogen-bond donors (Lipinski definition) is 8. The van der Waals surface area contributed by atoms with Gasteiger partial charge < -0.3 is 24.3 Å². The van der Waals surface area contributed by atoms with Crippen molar-refractivity contribution < 1.29 is 144 Å². The molecule has 0 unspecified atom stereocenters. The monoisotopic (exact) mass is 999 g/mol. The fourth-order valence-electron chi connectivity index (χ4n) is 4.56. The quantitative estimate of drug-likeness (QED) is 0.0268. The minimum Gasteiger partial charge on any atom is -0.350 e. The molecule has 2 rings (SSSR count). The maximum Gasteiger partial charge on any atom is 0.397 e. The zero-order valence-electron chi connectivity index (χ0n) is 27.5. The Morgan fingerprint density at radius 2 is 0.862 bits per heavy atom. The molecule has 1 amide bonds. The molecule has 0 saturated carbocycles. The van der Waals surface area contributed by atoms with Crippen LogP contribution in [0.15, 0.2) is 12.7 Å². The second kappa shape index (κ2) is 19.9. The molecule has 0 aliphatic carbocycles. The summed E-state index contributed by atoms with van der Waals surface area (Å²) >= 11 is 0. The van der Waals surface area contributed by atoms with E-state index < -0.39 is 166 Å². The fraction of sp³-hybridized carbons (Fsp3) is 0.824. The van der Waals surface area contributed by atoms with Gasteiger partial charge in [0.05, 0.1) is 19.8 Å². The van der Waals surface area contributed by atoms with Crippen molar-refractivity contribution in [2.75, 3.05) is 26.4 Å². The third kappa shape index (κ3) is 19.7. The molecule has 58 heavy (non-hydrogen) atoms. The lowest BCUT2D eigenvalue weighted by Gasteiger charge is -2.48. The van der Waals surface area contributed by atoms with Crippen molar-refractivity contribution in [3.63, 3.8) is 0 Å². The lowest BCUT2D eigenvalue weighted by molar-refractivity contribution is -0.348. The smallest absolute Gasteiger partial charge is 0.350 e. The third-order valence-corrected chi connectivity index (χ3v) is 9.46. The summed E-state index contributed by atoms with van der Waals surface area (Å²) in [6.45, 7) is -1.85. The van der Waals surface area contributed by atoms with Crippen molar-refractivity contribution in [1.29, 1.82) is 0 Å². The molecule has 41 heteroatoms. The Labute approximate surface area is 327 Å². The number of amides is 1. The molecule has 0 aromatic rings. The molecule has 8 N–H and O–H groups in total. The van der Waals surface area contributed by atoms with Crippen LogP contribution in [-0.2, 0) is 126 Å². The zero-order valence-corrected chi connectivity index (χ0v) is 33.2. The molecule has 0 radical (unpaired) electrons. The predicted octanol–water partition coefficient (Wildman–Crippen LogP) is -6.28. The lowest BCUT2D eigenvalue weighted by atomic mass is 9.97. The Balaban J connectivity index is 2.95. The number of ether oxygens (including phenoxy) is 4. The van der Waals surface area contributed by atoms with Crippen LogP contribution in [0.25, 0.3) is 0 Å². The lowest BCUT2D eigenvalue weighted by Crippen LogP contribution is -2.67. The highest BCUT2D eigenvalue weighted by Crippen LogP contribution is 2.37. The van der Waals surface area contributed by atoms with Crippen LogP contribution >= 0.6 is 0 Å². The van der Waals surface area contributed by atoms with Crippen molar-refractivity contribution in [3.05, 3.63) is 12.7 Å². The van der Waals surface area contributed by atoms with Gasteiger partial charge in [0, 0.05) is 6.54 Å². The molecule has 2 heterocycles. The number of nitrogens with one attached hydrogen (secondary N) is 1. The average molecular weight is 1000 g/mol. The third-order valence-electron chi connectivity index (χ3n) is 6.27. The number of carbonyl (C=O) groups is 1. The van der Waals surface area contributed by atoms with Gasteiger partial charge in [0.25, 0.3) is 0 Å². The molecule has 342 valence electrons. The van der Waals surface area contributed by atoms with Crippen LogP contribution in [0, 0.1) is 0 Å². The molecule has 10 atom stereocenters. The first-order valence-electron chi connectivity index (χ1n) is 14.0. The number of hydrogen-bond acceptors (Lipinski definition) is 26. The van der Waals surface area contributed by atoms with E-state index in [9.17, 15) is 91.0 Å². The van der Waals surface area contributed by atoms with Gasteiger partial charge in [0.1, 0.15) is 36.6 Å². The zero-order chi connectivity index (χ0) is 44.9. The predicted molar refractivity (Wildman–Crippen MR) is 168 cm³/mol. The highest BCUT2D eigenvalue weighted by Gasteiger charge is 2.58. The second-order valence-corrected chi connectivity index (χ2v) is 17.8. The topological polar surface area (TPSA) is 511 Å². The number of rotatable bonds is 23. The van der Waals surface area contributed by atoms with Gasteiger partial charge in [0.15, 0.2) is 24.8 Å². The first-order valence-corrected chi connectivity index (χ1v) is 23.5. The molecule has 2 fully saturated rings. The van der Waals surface area contributed by atoms with Gasteiger partial charge in [-0.2, -0.15) is 58.9 Å². The summed E-state index contributed by atoms with van der Waals surface area (Å²) in [5.74, 6) is -0.852. The Morgan fingerprint density at radius 1 is 0.517 bits per heavy atom. The summed E-state index contributed by atoms with van der Waals surface area (Å²) < 4.78 is 280. The SMILES string of the molecule is C=CC(=O)NCCO[C@@H]1O[C@H](COS(=O)(=O)O)[C@@H](O[C@@H]2O[C@H](COS(=O)(=O)O)[C@H](OS(=O)(=O)O)[C@H](OS(=O)(=O)O)[C@H]2OS(=O)(=O)O)[C@H](OS(=O)(=O)O)[C@H]1OS(=O)(=O)O. The first kappa shape index (κ1) is 52.3. The van der Waals surface area contributed by atoms with Gasteiger partial charge in [-0.05, 0) is 6.08 Å². The van der Waals surface area contributed by atoms with Gasteiger partial charge in [-0.1, -0.05) is 6.58 Å². The summed E-state index contributed by atoms with van der Waals surface area (Å²) in [5, 5.41) is 2.11. The van der Waals surface area contributed by atoms with Crippen molar-refractivity contribution in [3.8, 4) is 0 Å². The van der Waals surface area contributed by atoms with Crippen LogP contribution in [0.1, 0.15) is 0 Å². The minimum absolute atomic E-state index is 0.557. The fourth-order valence-corrected chi connectivity index (χ4v) is 7.65. The van der Waals surface area contributed by atoms with Crippen molar-refractivity contribution in [1.82, 2.24) is 5.32 Å². The Kier molecular flexibility index (Phi) is 17.9. The standard InChI is InChI=1S/C17H29NO33S7/c1-2-9(19)18-3-4-41-16-14(50-57(35,36)37)12(48-55(29,30)31)10(7(44-16)5-42-52(20,21)22)46-17-15(51-58(38,39)40)13(49-56(32,33)34)11(47-54(26,27)28)8(45-17)6-43-53(23,24)25/h2,7-8,10-17H,1,3-6H2,(H,18,19)(H,20,21,22)(H,23,24,25)(H,26,27,28)(H,29,30,31)(H,32,33,34)(H,35,36,37)(H,38,39,40)/t7-,8-,10-,11+,12+,13+,14-,15-,16-,17+/m1/s1. The van der Waals surface area contributed by atoms with E-state index in [2.05, 4.69) is 41.2 Å². The summed E-state index contributed by atoms with van der Waals surface area (Å²) in [5.41, 5.74) is 0. The maximum atomic E-state index is 12.0. The van der Waals surface area contributed by atoms with Crippen molar-refractivity contribution in [2.24, 2.45) is 0 Å². The minimum atomic E-state index is -6.14. The Hall–Kier alpha value is -1.86. The second-order valence-electron chi connectivity index (χ2n) is 10.4. The summed E-state index contributed by atoms with van der Waals surface area (Å²) in [4.78, 5) is 11.5. The number of carbonyl (C=O) groups excluding carboxylic acids is 1. The first-order chi connectivity index (χ1) is 26.0. The van der Waals surface area contributed by atoms with E-state index in [-0.39, 0.29) is 0 Å². The molecule has 0 aromatic carbocycles. The van der Waals surface area contributed by atoms with Crippen LogP contribution in [-0.4, -0.2) is 184 Å². The van der Waals surface area contributed by atoms with Crippen LogP contribution < -0.4 is 5.32 Å². The molecular weight excluding hydrogens is 971 g/mol. The molecule has 2 aliphatic rings. The molecule has 34 nitrogen and oxygen atoms in total. The van der Waals surface area contributed by atoms with E-state index in [0.29, 0.717) is 0 Å². The maximum absolute atomic E-state index is 12.0. The Morgan fingerprint density at radius 3 is 1.26 bits per heavy atom. The highest BCUT2D eigenvalue weighted by atomic mass is 32.3. The van der Waals surface area contributed by atoms with Crippen LogP contribution in [0.3, 0.4) is 0 Å². The van der Waals surface area contributed by atoms with Crippen LogP contribution in [0.2, 0.25) is 0 Å². The Bertz CT molecular complexity index is 2240. The van der Waals surface area contributed by atoms with Gasteiger partial charge in [-0.25, -0.2) is 29.3 Å². The van der Waals surface area contributed by atoms with Crippen LogP contribution in [0.5, 0.6) is 0 Å². The molecule has 0 bridgehead atoms. The van der Waals surface area contributed by atoms with E-state index >= 15 is 0 Å². The molecule has 2 aliphatic heterocycles. The van der Waals surface area contributed by atoms with Crippen molar-refractivity contribution >= 4 is 78.7 Å². The summed E-state index contributed by atoms with van der Waals surface area (Å²) in [6, 6.07) is 0. The highest BCUT2D eigenvalue weighted by molar-refractivity contribution is 7.82. The summed E-state index contributed by atoms with van der Waals surface area (Å²) in [7, 11) is -41.5. The molecule has 2 saturated heterocycles. The van der Waals surface area contributed by atoms with Crippen molar-refractivity contribution in [2.45, 2.75) is 61.4 Å². The normalized spacial score (nSPS) is 29.4.